The predicted octanol–water partition coefficient (Wildman–Crippen LogP) is 1.60. The average molecular weight is 154 g/mol. The Kier molecular flexibility index (Phi) is 1.64. The smallest absolute Gasteiger partial charge is 0.0889 e. The summed E-state index contributed by atoms with van der Waals surface area (Å²) in [5, 5.41) is 9.89. The highest BCUT2D eigenvalue weighted by Gasteiger charge is 2.38. The van der Waals surface area contributed by atoms with E-state index >= 15 is 0 Å². The molecule has 2 rings (SSSR count). The number of hydrogen-bond acceptors (Lipinski definition) is 2. The first kappa shape index (κ1) is 7.17. The average Bonchev–Trinajstić information content (AvgIpc) is 2.02. The lowest BCUT2D eigenvalue weighted by molar-refractivity contribution is -0.00767. The molecule has 0 atom stereocenters. The Morgan fingerprint density at radius 1 is 1.36 bits per heavy atom. The highest BCUT2D eigenvalue weighted by Crippen LogP contribution is 2.40. The van der Waals surface area contributed by atoms with Crippen LogP contribution in [0, 0.1) is 0 Å². The number of ether oxygens (including phenoxy) is 1. The quantitative estimate of drug-likeness (QED) is 0.621. The van der Waals surface area contributed by atoms with Crippen molar-refractivity contribution in [3.05, 3.63) is 11.8 Å². The Labute approximate surface area is 66.9 Å². The summed E-state index contributed by atoms with van der Waals surface area (Å²) >= 11 is 0. The maximum Gasteiger partial charge on any atom is 0.0889 e. The van der Waals surface area contributed by atoms with E-state index in [1.807, 2.05) is 0 Å². The van der Waals surface area contributed by atoms with Crippen LogP contribution in [-0.2, 0) is 4.74 Å². The largest absolute Gasteiger partial charge is 0.501 e. The van der Waals surface area contributed by atoms with Crippen molar-refractivity contribution >= 4 is 0 Å². The fraction of sp³-hybridized carbons (Fsp3) is 0.778. The molecule has 11 heavy (non-hydrogen) atoms. The van der Waals surface area contributed by atoms with Crippen LogP contribution in [0.15, 0.2) is 11.8 Å². The van der Waals surface area contributed by atoms with Gasteiger partial charge in [-0.15, -0.1) is 0 Å². The summed E-state index contributed by atoms with van der Waals surface area (Å²) in [4.78, 5) is 0. The maximum atomic E-state index is 9.89. The molecule has 1 aliphatic heterocycles. The van der Waals surface area contributed by atoms with Gasteiger partial charge in [0.1, 0.15) is 0 Å². The van der Waals surface area contributed by atoms with Gasteiger partial charge >= 0.3 is 0 Å². The highest BCUT2D eigenvalue weighted by atomic mass is 16.5. The Hall–Kier alpha value is -0.500. The van der Waals surface area contributed by atoms with Gasteiger partial charge in [0.15, 0.2) is 0 Å². The van der Waals surface area contributed by atoms with Crippen LogP contribution >= 0.6 is 0 Å². The predicted molar refractivity (Wildman–Crippen MR) is 42.1 cm³/mol. The van der Waals surface area contributed by atoms with Gasteiger partial charge in [0.05, 0.1) is 18.5 Å². The fourth-order valence-corrected chi connectivity index (χ4v) is 1.74. The van der Waals surface area contributed by atoms with Crippen LogP contribution in [0.2, 0.25) is 0 Å². The van der Waals surface area contributed by atoms with Gasteiger partial charge in [-0.25, -0.2) is 0 Å². The summed E-state index contributed by atoms with van der Waals surface area (Å²) in [7, 11) is 0. The minimum absolute atomic E-state index is 0.472. The first-order chi connectivity index (χ1) is 5.31. The van der Waals surface area contributed by atoms with Gasteiger partial charge in [-0.1, -0.05) is 0 Å². The van der Waals surface area contributed by atoms with Gasteiger partial charge in [-0.3, -0.25) is 0 Å². The van der Waals surface area contributed by atoms with E-state index in [0.717, 1.165) is 44.3 Å². The normalized spacial score (nSPS) is 28.3. The summed E-state index contributed by atoms with van der Waals surface area (Å²) in [6.45, 7) is 0.819. The molecule has 1 N–H and O–H groups in total. The van der Waals surface area contributed by atoms with Crippen molar-refractivity contribution in [2.45, 2.75) is 37.7 Å². The number of aliphatic hydroxyl groups is 1. The van der Waals surface area contributed by atoms with Crippen LogP contribution in [-0.4, -0.2) is 17.3 Å². The standard InChI is InChI=1S/C9H14O2/c10-9(4-2-5-9)8-3-1-6-11-7-8/h7,10H,1-6H2. The first-order valence-corrected chi connectivity index (χ1v) is 4.35. The molecule has 0 bridgehead atoms. The van der Waals surface area contributed by atoms with Crippen molar-refractivity contribution in [2.24, 2.45) is 0 Å². The molecule has 2 aliphatic rings. The molecule has 1 fully saturated rings. The Bertz CT molecular complexity index is 180. The molecule has 1 aliphatic carbocycles. The van der Waals surface area contributed by atoms with E-state index in [-0.39, 0.29) is 0 Å². The third kappa shape index (κ3) is 1.16. The van der Waals surface area contributed by atoms with Gasteiger partial charge in [0, 0.05) is 0 Å². The monoisotopic (exact) mass is 154 g/mol. The van der Waals surface area contributed by atoms with Crippen molar-refractivity contribution in [1.29, 1.82) is 0 Å². The second-order valence-corrected chi connectivity index (χ2v) is 3.50. The molecular formula is C9H14O2. The topological polar surface area (TPSA) is 29.5 Å². The van der Waals surface area contributed by atoms with Crippen molar-refractivity contribution in [3.8, 4) is 0 Å². The molecule has 0 aromatic rings. The highest BCUT2D eigenvalue weighted by molar-refractivity contribution is 5.19. The SMILES string of the molecule is OC1(C2=COCCC2)CCC1. The molecule has 1 heterocycles. The van der Waals surface area contributed by atoms with Crippen LogP contribution in [0.4, 0.5) is 0 Å². The molecule has 2 nitrogen and oxygen atoms in total. The van der Waals surface area contributed by atoms with Gasteiger partial charge in [-0.2, -0.15) is 0 Å². The van der Waals surface area contributed by atoms with Gasteiger partial charge in [-0.05, 0) is 37.7 Å². The lowest BCUT2D eigenvalue weighted by atomic mass is 9.73. The Balaban J connectivity index is 2.07. The van der Waals surface area contributed by atoms with E-state index in [9.17, 15) is 5.11 Å². The van der Waals surface area contributed by atoms with Crippen molar-refractivity contribution in [3.63, 3.8) is 0 Å². The fourth-order valence-electron chi connectivity index (χ4n) is 1.74. The zero-order valence-corrected chi connectivity index (χ0v) is 6.68. The minimum atomic E-state index is -0.472. The molecule has 0 saturated heterocycles. The maximum absolute atomic E-state index is 9.89. The summed E-state index contributed by atoms with van der Waals surface area (Å²) in [5.41, 5.74) is 0.649. The number of rotatable bonds is 1. The van der Waals surface area contributed by atoms with E-state index in [2.05, 4.69) is 0 Å². The van der Waals surface area contributed by atoms with E-state index in [4.69, 9.17) is 4.74 Å². The molecule has 0 aromatic carbocycles. The molecule has 2 heteroatoms. The minimum Gasteiger partial charge on any atom is -0.501 e. The molecule has 1 saturated carbocycles. The molecule has 0 unspecified atom stereocenters. The number of hydrogen-bond donors (Lipinski definition) is 1. The lowest BCUT2D eigenvalue weighted by Crippen LogP contribution is -2.39. The zero-order valence-electron chi connectivity index (χ0n) is 6.68. The second-order valence-electron chi connectivity index (χ2n) is 3.50. The lowest BCUT2D eigenvalue weighted by Gasteiger charge is -2.39. The second kappa shape index (κ2) is 2.52. The first-order valence-electron chi connectivity index (χ1n) is 4.35. The zero-order chi connectivity index (χ0) is 7.73. The third-order valence-corrected chi connectivity index (χ3v) is 2.71. The van der Waals surface area contributed by atoms with Gasteiger partial charge < -0.3 is 9.84 Å². The Morgan fingerprint density at radius 3 is 2.64 bits per heavy atom. The summed E-state index contributed by atoms with van der Waals surface area (Å²) in [6.07, 6.45) is 6.88. The van der Waals surface area contributed by atoms with Crippen molar-refractivity contribution in [1.82, 2.24) is 0 Å². The molecule has 0 spiro atoms. The summed E-state index contributed by atoms with van der Waals surface area (Å²) in [6, 6.07) is 0. The van der Waals surface area contributed by atoms with Crippen LogP contribution in [0.1, 0.15) is 32.1 Å². The van der Waals surface area contributed by atoms with E-state index < -0.39 is 5.60 Å². The van der Waals surface area contributed by atoms with Crippen LogP contribution in [0.5, 0.6) is 0 Å². The van der Waals surface area contributed by atoms with Crippen LogP contribution < -0.4 is 0 Å². The van der Waals surface area contributed by atoms with E-state index in [0.29, 0.717) is 0 Å². The third-order valence-electron chi connectivity index (χ3n) is 2.71. The van der Waals surface area contributed by atoms with Crippen LogP contribution in [0.3, 0.4) is 0 Å². The van der Waals surface area contributed by atoms with Crippen molar-refractivity contribution in [2.75, 3.05) is 6.61 Å². The molecule has 0 radical (unpaired) electrons. The van der Waals surface area contributed by atoms with E-state index in [1.54, 1.807) is 6.26 Å². The van der Waals surface area contributed by atoms with Gasteiger partial charge in [0.25, 0.3) is 0 Å². The van der Waals surface area contributed by atoms with E-state index in [1.165, 1.54) is 0 Å². The van der Waals surface area contributed by atoms with Crippen molar-refractivity contribution < 1.29 is 9.84 Å². The van der Waals surface area contributed by atoms with Crippen LogP contribution in [0.25, 0.3) is 0 Å². The van der Waals surface area contributed by atoms with Gasteiger partial charge in [0.2, 0.25) is 0 Å². The summed E-state index contributed by atoms with van der Waals surface area (Å²) in [5.74, 6) is 0. The summed E-state index contributed by atoms with van der Waals surface area (Å²) < 4.78 is 5.18. The molecular weight excluding hydrogens is 140 g/mol. The molecule has 0 aromatic heterocycles. The molecule has 0 amide bonds. The molecule has 62 valence electrons. The Morgan fingerprint density at radius 2 is 2.18 bits per heavy atom.